The van der Waals surface area contributed by atoms with E-state index in [1.165, 1.54) is 0 Å². The van der Waals surface area contributed by atoms with Crippen LogP contribution < -0.4 is 27.4 Å². The van der Waals surface area contributed by atoms with E-state index >= 15 is 0 Å². The Morgan fingerprint density at radius 1 is 0.724 bits per heavy atom. The number of unbranched alkanes of at least 4 members (excludes halogenated alkanes) is 2. The Morgan fingerprint density at radius 2 is 1.28 bits per heavy atom. The SMILES string of the molecule is Nc1cccc(Nc2nc(NCCCCCO)nc(Nc3cccc(N)c3)n2)c1. The summed E-state index contributed by atoms with van der Waals surface area (Å²) >= 11 is 0. The fourth-order valence-corrected chi connectivity index (χ4v) is 2.67. The summed E-state index contributed by atoms with van der Waals surface area (Å²) in [5.41, 5.74) is 14.5. The molecular weight excluding hydrogens is 368 g/mol. The third kappa shape index (κ3) is 6.51. The fraction of sp³-hybridized carbons (Fsp3) is 0.250. The summed E-state index contributed by atoms with van der Waals surface area (Å²) < 4.78 is 0. The standard InChI is InChI=1S/C20H26N8O/c21-14-6-4-8-16(12-14)24-19-26-18(23-10-2-1-3-11-29)27-20(28-19)25-17-9-5-7-15(22)13-17/h4-9,12-13,29H,1-3,10-11,21-22H2,(H3,23,24,25,26,27,28). The van der Waals surface area contributed by atoms with Crippen molar-refractivity contribution in [3.63, 3.8) is 0 Å². The maximum Gasteiger partial charge on any atom is 0.233 e. The molecule has 1 heterocycles. The highest BCUT2D eigenvalue weighted by Gasteiger charge is 2.08. The van der Waals surface area contributed by atoms with Crippen molar-refractivity contribution >= 4 is 40.6 Å². The van der Waals surface area contributed by atoms with Gasteiger partial charge in [-0.3, -0.25) is 0 Å². The molecule has 0 unspecified atom stereocenters. The maximum atomic E-state index is 8.89. The van der Waals surface area contributed by atoms with Gasteiger partial charge in [0.05, 0.1) is 0 Å². The molecule has 152 valence electrons. The molecule has 0 aliphatic carbocycles. The van der Waals surface area contributed by atoms with Crippen LogP contribution in [0, 0.1) is 0 Å². The molecule has 0 atom stereocenters. The van der Waals surface area contributed by atoms with E-state index in [9.17, 15) is 0 Å². The van der Waals surface area contributed by atoms with Crippen LogP contribution in [0.2, 0.25) is 0 Å². The number of nitrogen functional groups attached to an aromatic ring is 2. The van der Waals surface area contributed by atoms with Gasteiger partial charge in [0.25, 0.3) is 0 Å². The van der Waals surface area contributed by atoms with Crippen LogP contribution in [0.25, 0.3) is 0 Å². The Balaban J connectivity index is 1.78. The van der Waals surface area contributed by atoms with Crippen molar-refractivity contribution in [1.82, 2.24) is 15.0 Å². The van der Waals surface area contributed by atoms with Gasteiger partial charge in [-0.1, -0.05) is 12.1 Å². The largest absolute Gasteiger partial charge is 0.399 e. The number of hydrogen-bond donors (Lipinski definition) is 6. The van der Waals surface area contributed by atoms with Crippen molar-refractivity contribution in [2.75, 3.05) is 40.6 Å². The van der Waals surface area contributed by atoms with E-state index in [4.69, 9.17) is 16.6 Å². The molecule has 29 heavy (non-hydrogen) atoms. The molecule has 0 saturated carbocycles. The summed E-state index contributed by atoms with van der Waals surface area (Å²) in [5, 5.41) is 18.4. The van der Waals surface area contributed by atoms with E-state index < -0.39 is 0 Å². The highest BCUT2D eigenvalue weighted by molar-refractivity contribution is 5.63. The van der Waals surface area contributed by atoms with E-state index in [1.54, 1.807) is 12.1 Å². The second-order valence-corrected chi connectivity index (χ2v) is 6.52. The molecule has 0 aliphatic rings. The van der Waals surface area contributed by atoms with Crippen molar-refractivity contribution in [1.29, 1.82) is 0 Å². The van der Waals surface area contributed by atoms with Gasteiger partial charge >= 0.3 is 0 Å². The normalized spacial score (nSPS) is 10.5. The van der Waals surface area contributed by atoms with Gasteiger partial charge < -0.3 is 32.5 Å². The Hall–Kier alpha value is -3.59. The Kier molecular flexibility index (Phi) is 7.01. The molecule has 0 saturated heterocycles. The van der Waals surface area contributed by atoms with Crippen LogP contribution in [-0.4, -0.2) is 33.2 Å². The van der Waals surface area contributed by atoms with E-state index in [2.05, 4.69) is 30.9 Å². The number of nitrogens with zero attached hydrogens (tertiary/aromatic N) is 3. The molecule has 0 bridgehead atoms. The highest BCUT2D eigenvalue weighted by Crippen LogP contribution is 2.21. The first-order chi connectivity index (χ1) is 14.1. The zero-order chi connectivity index (χ0) is 20.5. The van der Waals surface area contributed by atoms with Crippen molar-refractivity contribution in [2.45, 2.75) is 19.3 Å². The second-order valence-electron chi connectivity index (χ2n) is 6.52. The molecule has 0 aliphatic heterocycles. The topological polar surface area (TPSA) is 147 Å². The van der Waals surface area contributed by atoms with E-state index in [0.717, 1.165) is 30.6 Å². The first-order valence-electron chi connectivity index (χ1n) is 9.48. The van der Waals surface area contributed by atoms with Crippen molar-refractivity contribution < 1.29 is 5.11 Å². The monoisotopic (exact) mass is 394 g/mol. The average Bonchev–Trinajstić information content (AvgIpc) is 2.68. The summed E-state index contributed by atoms with van der Waals surface area (Å²) in [6.07, 6.45) is 2.61. The van der Waals surface area contributed by atoms with Gasteiger partial charge in [-0.25, -0.2) is 0 Å². The van der Waals surface area contributed by atoms with Gasteiger partial charge in [0.15, 0.2) is 0 Å². The van der Waals surface area contributed by atoms with Crippen LogP contribution in [0.5, 0.6) is 0 Å². The summed E-state index contributed by atoms with van der Waals surface area (Å²) in [6, 6.07) is 14.7. The number of aliphatic hydroxyl groups excluding tert-OH is 1. The zero-order valence-electron chi connectivity index (χ0n) is 16.1. The number of nitrogens with one attached hydrogen (secondary N) is 3. The minimum atomic E-state index is 0.203. The molecule has 0 amide bonds. The Morgan fingerprint density at radius 3 is 1.79 bits per heavy atom. The number of rotatable bonds is 10. The Labute approximate surface area is 169 Å². The van der Waals surface area contributed by atoms with E-state index in [1.807, 2.05) is 36.4 Å². The van der Waals surface area contributed by atoms with Gasteiger partial charge in [0.1, 0.15) is 0 Å². The number of anilines is 7. The van der Waals surface area contributed by atoms with Crippen molar-refractivity contribution in [3.8, 4) is 0 Å². The van der Waals surface area contributed by atoms with Gasteiger partial charge in [-0.05, 0) is 55.7 Å². The molecule has 0 radical (unpaired) electrons. The molecule has 3 aromatic rings. The molecule has 3 rings (SSSR count). The quantitative estimate of drug-likeness (QED) is 0.225. The van der Waals surface area contributed by atoms with Crippen LogP contribution in [0.1, 0.15) is 19.3 Å². The second kappa shape index (κ2) is 10.1. The van der Waals surface area contributed by atoms with Gasteiger partial charge in [-0.2, -0.15) is 15.0 Å². The van der Waals surface area contributed by atoms with Gasteiger partial charge in [0, 0.05) is 35.9 Å². The van der Waals surface area contributed by atoms with E-state index in [-0.39, 0.29) is 6.61 Å². The smallest absolute Gasteiger partial charge is 0.233 e. The minimum absolute atomic E-state index is 0.203. The van der Waals surface area contributed by atoms with Crippen LogP contribution in [-0.2, 0) is 0 Å². The van der Waals surface area contributed by atoms with Crippen LogP contribution in [0.4, 0.5) is 40.6 Å². The van der Waals surface area contributed by atoms with Gasteiger partial charge in [0.2, 0.25) is 17.8 Å². The lowest BCUT2D eigenvalue weighted by Crippen LogP contribution is -2.10. The van der Waals surface area contributed by atoms with Crippen molar-refractivity contribution in [2.24, 2.45) is 0 Å². The molecule has 1 aromatic heterocycles. The zero-order valence-corrected chi connectivity index (χ0v) is 16.1. The average molecular weight is 394 g/mol. The van der Waals surface area contributed by atoms with Crippen LogP contribution in [0.15, 0.2) is 48.5 Å². The lowest BCUT2D eigenvalue weighted by molar-refractivity contribution is 0.283. The summed E-state index contributed by atoms with van der Waals surface area (Å²) in [7, 11) is 0. The Bertz CT molecular complexity index is 868. The third-order valence-electron chi connectivity index (χ3n) is 4.04. The molecule has 0 fully saturated rings. The summed E-state index contributed by atoms with van der Waals surface area (Å²) in [4.78, 5) is 13.3. The number of aromatic nitrogens is 3. The highest BCUT2D eigenvalue weighted by atomic mass is 16.2. The molecular formula is C20H26N8O. The first-order valence-corrected chi connectivity index (χ1v) is 9.48. The predicted octanol–water partition coefficient (Wildman–Crippen LogP) is 3.10. The van der Waals surface area contributed by atoms with Crippen molar-refractivity contribution in [3.05, 3.63) is 48.5 Å². The fourth-order valence-electron chi connectivity index (χ4n) is 2.67. The number of hydrogen-bond acceptors (Lipinski definition) is 9. The molecule has 9 nitrogen and oxygen atoms in total. The van der Waals surface area contributed by atoms with Crippen LogP contribution >= 0.6 is 0 Å². The molecule has 0 spiro atoms. The summed E-state index contributed by atoms with van der Waals surface area (Å²) in [5.74, 6) is 1.21. The third-order valence-corrected chi connectivity index (χ3v) is 4.04. The summed E-state index contributed by atoms with van der Waals surface area (Å²) in [6.45, 7) is 0.897. The lowest BCUT2D eigenvalue weighted by atomic mass is 10.2. The minimum Gasteiger partial charge on any atom is -0.399 e. The maximum absolute atomic E-state index is 8.89. The lowest BCUT2D eigenvalue weighted by Gasteiger charge is -2.12. The van der Waals surface area contributed by atoms with Crippen LogP contribution in [0.3, 0.4) is 0 Å². The van der Waals surface area contributed by atoms with E-state index in [0.29, 0.717) is 35.8 Å². The number of benzene rings is 2. The number of nitrogens with two attached hydrogens (primary N) is 2. The molecule has 2 aromatic carbocycles. The number of aliphatic hydroxyl groups is 1. The first kappa shape index (κ1) is 20.2. The van der Waals surface area contributed by atoms with Gasteiger partial charge in [-0.15, -0.1) is 0 Å². The predicted molar refractivity (Wildman–Crippen MR) is 118 cm³/mol. The molecule has 8 N–H and O–H groups in total. The molecule has 9 heteroatoms.